The van der Waals surface area contributed by atoms with Gasteiger partial charge in [0.15, 0.2) is 0 Å². The third kappa shape index (κ3) is 9.28. The maximum absolute atomic E-state index is 10.6. The first-order valence-corrected chi connectivity index (χ1v) is 9.26. The quantitative estimate of drug-likeness (QED) is 0.475. The molecule has 182 valence electrons. The van der Waals surface area contributed by atoms with Gasteiger partial charge in [0, 0.05) is 51.0 Å². The SMILES string of the molecule is O=C(O)C(F)(F)F.O=C(O)C(F)(F)F.O[C@H]1CNC[C@@H]1N1CCN(c2ccccc2)CC1. The lowest BCUT2D eigenvalue weighted by Gasteiger charge is -2.39. The van der Waals surface area contributed by atoms with Crippen LogP contribution in [-0.4, -0.2) is 95.9 Å². The predicted molar refractivity (Wildman–Crippen MR) is 100 cm³/mol. The van der Waals surface area contributed by atoms with Crippen LogP contribution in [0.5, 0.6) is 0 Å². The summed E-state index contributed by atoms with van der Waals surface area (Å²) in [5.74, 6) is -5.51. The van der Waals surface area contributed by atoms with Crippen LogP contribution in [0.3, 0.4) is 0 Å². The smallest absolute Gasteiger partial charge is 0.475 e. The van der Waals surface area contributed by atoms with Crippen molar-refractivity contribution in [3.05, 3.63) is 30.3 Å². The van der Waals surface area contributed by atoms with E-state index in [0.717, 1.165) is 39.3 Å². The topological polar surface area (TPSA) is 113 Å². The number of anilines is 1. The lowest BCUT2D eigenvalue weighted by atomic mass is 10.1. The van der Waals surface area contributed by atoms with Gasteiger partial charge < -0.3 is 25.5 Å². The van der Waals surface area contributed by atoms with Crippen LogP contribution >= 0.6 is 0 Å². The van der Waals surface area contributed by atoms with E-state index < -0.39 is 24.3 Å². The molecule has 32 heavy (non-hydrogen) atoms. The Morgan fingerprint density at radius 1 is 0.844 bits per heavy atom. The number of carbonyl (C=O) groups is 2. The fourth-order valence-electron chi connectivity index (χ4n) is 2.97. The third-order valence-corrected chi connectivity index (χ3v) is 4.54. The zero-order valence-corrected chi connectivity index (χ0v) is 16.6. The summed E-state index contributed by atoms with van der Waals surface area (Å²) in [6, 6.07) is 10.9. The molecule has 0 amide bonds. The summed E-state index contributed by atoms with van der Waals surface area (Å²) in [5.41, 5.74) is 1.31. The fraction of sp³-hybridized carbons (Fsp3) is 0.556. The number of nitrogens with zero attached hydrogens (tertiary/aromatic N) is 2. The highest BCUT2D eigenvalue weighted by atomic mass is 19.4. The lowest BCUT2D eigenvalue weighted by Crippen LogP contribution is -2.53. The molecule has 0 aliphatic carbocycles. The summed E-state index contributed by atoms with van der Waals surface area (Å²) in [4.78, 5) is 22.6. The molecule has 14 heteroatoms. The van der Waals surface area contributed by atoms with E-state index in [1.165, 1.54) is 5.69 Å². The number of aliphatic carboxylic acids is 2. The number of hydrogen-bond acceptors (Lipinski definition) is 6. The van der Waals surface area contributed by atoms with Crippen LogP contribution in [-0.2, 0) is 9.59 Å². The van der Waals surface area contributed by atoms with Gasteiger partial charge in [0.25, 0.3) is 0 Å². The monoisotopic (exact) mass is 475 g/mol. The summed E-state index contributed by atoms with van der Waals surface area (Å²) >= 11 is 0. The Kier molecular flexibility index (Phi) is 10.2. The van der Waals surface area contributed by atoms with E-state index in [-0.39, 0.29) is 6.10 Å². The van der Waals surface area contributed by atoms with Crippen molar-refractivity contribution < 1.29 is 51.3 Å². The van der Waals surface area contributed by atoms with E-state index in [0.29, 0.717) is 6.04 Å². The van der Waals surface area contributed by atoms with Gasteiger partial charge in [0.2, 0.25) is 0 Å². The van der Waals surface area contributed by atoms with Crippen molar-refractivity contribution in [2.24, 2.45) is 0 Å². The Hall–Kier alpha value is -2.58. The number of alkyl halides is 6. The standard InChI is InChI=1S/C14H21N3O.2C2HF3O2/c18-14-11-15-10-13(14)17-8-6-16(7-9-17)12-4-2-1-3-5-12;2*3-2(4,5)1(6)7/h1-5,13-15,18H,6-11H2;2*(H,6,7)/t13-,14-;;/m0../s1. The molecule has 2 heterocycles. The minimum atomic E-state index is -5.08. The average molecular weight is 475 g/mol. The summed E-state index contributed by atoms with van der Waals surface area (Å²) in [7, 11) is 0. The number of aliphatic hydroxyl groups is 1. The van der Waals surface area contributed by atoms with Crippen molar-refractivity contribution in [2.45, 2.75) is 24.5 Å². The number of benzene rings is 1. The molecule has 2 aliphatic heterocycles. The second-order valence-electron chi connectivity index (χ2n) is 6.76. The van der Waals surface area contributed by atoms with Crippen LogP contribution in [0.1, 0.15) is 0 Å². The molecule has 2 fully saturated rings. The molecule has 0 aromatic heterocycles. The summed E-state index contributed by atoms with van der Waals surface area (Å²) in [6.45, 7) is 5.84. The molecule has 2 aliphatic rings. The van der Waals surface area contributed by atoms with Gasteiger partial charge in [-0.15, -0.1) is 0 Å². The van der Waals surface area contributed by atoms with Crippen molar-refractivity contribution in [1.82, 2.24) is 10.2 Å². The molecule has 0 bridgehead atoms. The highest BCUT2D eigenvalue weighted by Gasteiger charge is 2.39. The van der Waals surface area contributed by atoms with E-state index in [9.17, 15) is 31.4 Å². The largest absolute Gasteiger partial charge is 0.490 e. The molecule has 1 aromatic carbocycles. The van der Waals surface area contributed by atoms with E-state index in [1.54, 1.807) is 0 Å². The van der Waals surface area contributed by atoms with Gasteiger partial charge in [0.05, 0.1) is 6.10 Å². The van der Waals surface area contributed by atoms with Crippen molar-refractivity contribution >= 4 is 17.6 Å². The van der Waals surface area contributed by atoms with E-state index in [2.05, 4.69) is 45.4 Å². The summed E-state index contributed by atoms with van der Waals surface area (Å²) < 4.78 is 63.5. The number of para-hydroxylation sites is 1. The normalized spacial score (nSPS) is 21.7. The second-order valence-corrected chi connectivity index (χ2v) is 6.76. The van der Waals surface area contributed by atoms with Gasteiger partial charge >= 0.3 is 24.3 Å². The zero-order valence-electron chi connectivity index (χ0n) is 16.6. The Balaban J connectivity index is 0.000000305. The van der Waals surface area contributed by atoms with Gasteiger partial charge in [-0.25, -0.2) is 9.59 Å². The van der Waals surface area contributed by atoms with Gasteiger partial charge in [-0.05, 0) is 12.1 Å². The third-order valence-electron chi connectivity index (χ3n) is 4.54. The molecule has 0 saturated carbocycles. The second kappa shape index (κ2) is 11.9. The molecule has 3 rings (SSSR count). The number of piperazine rings is 1. The van der Waals surface area contributed by atoms with Crippen LogP contribution in [0, 0.1) is 0 Å². The van der Waals surface area contributed by atoms with Crippen LogP contribution in [0.4, 0.5) is 32.0 Å². The fourth-order valence-corrected chi connectivity index (χ4v) is 2.97. The van der Waals surface area contributed by atoms with Crippen molar-refractivity contribution in [3.8, 4) is 0 Å². The van der Waals surface area contributed by atoms with E-state index in [4.69, 9.17) is 19.8 Å². The highest BCUT2D eigenvalue weighted by molar-refractivity contribution is 5.73. The van der Waals surface area contributed by atoms with E-state index in [1.807, 2.05) is 0 Å². The first-order chi connectivity index (χ1) is 14.7. The Morgan fingerprint density at radius 2 is 1.28 bits per heavy atom. The molecule has 2 atom stereocenters. The van der Waals surface area contributed by atoms with Crippen molar-refractivity contribution in [3.63, 3.8) is 0 Å². The van der Waals surface area contributed by atoms with E-state index >= 15 is 0 Å². The van der Waals surface area contributed by atoms with Gasteiger partial charge in [-0.3, -0.25) is 4.90 Å². The number of carboxylic acid groups (broad SMARTS) is 2. The molecule has 1 aromatic rings. The number of carboxylic acids is 2. The molecule has 2 saturated heterocycles. The Bertz CT molecular complexity index is 700. The van der Waals surface area contributed by atoms with Crippen LogP contribution in [0.15, 0.2) is 30.3 Å². The molecule has 0 spiro atoms. The first kappa shape index (κ1) is 27.5. The molecular formula is C18H23F6N3O5. The lowest BCUT2D eigenvalue weighted by molar-refractivity contribution is -0.193. The maximum Gasteiger partial charge on any atom is 0.490 e. The van der Waals surface area contributed by atoms with Gasteiger partial charge in [0.1, 0.15) is 0 Å². The average Bonchev–Trinajstić information content (AvgIpc) is 3.14. The molecule has 8 nitrogen and oxygen atoms in total. The number of nitrogens with one attached hydrogen (secondary N) is 1. The number of aliphatic hydroxyl groups excluding tert-OH is 1. The maximum atomic E-state index is 10.6. The Morgan fingerprint density at radius 3 is 1.62 bits per heavy atom. The highest BCUT2D eigenvalue weighted by Crippen LogP contribution is 2.18. The number of β-amino-alcohol motifs (C(OH)–C–C–N with tert-alkyl or cyclic N) is 1. The molecular weight excluding hydrogens is 452 g/mol. The molecule has 0 unspecified atom stereocenters. The van der Waals surface area contributed by atoms with Crippen molar-refractivity contribution in [2.75, 3.05) is 44.2 Å². The molecule has 0 radical (unpaired) electrons. The van der Waals surface area contributed by atoms with Crippen LogP contribution in [0.25, 0.3) is 0 Å². The van der Waals surface area contributed by atoms with Gasteiger partial charge in [-0.2, -0.15) is 26.3 Å². The Labute approximate surface area is 179 Å². The summed E-state index contributed by atoms with van der Waals surface area (Å²) in [5, 5.41) is 27.4. The van der Waals surface area contributed by atoms with Crippen molar-refractivity contribution in [1.29, 1.82) is 0 Å². The van der Waals surface area contributed by atoms with Crippen LogP contribution < -0.4 is 10.2 Å². The van der Waals surface area contributed by atoms with Gasteiger partial charge in [-0.1, -0.05) is 18.2 Å². The predicted octanol–water partition coefficient (Wildman–Crippen LogP) is 1.41. The first-order valence-electron chi connectivity index (χ1n) is 9.26. The zero-order chi connectivity index (χ0) is 24.5. The number of halogens is 6. The van der Waals surface area contributed by atoms with Crippen LogP contribution in [0.2, 0.25) is 0 Å². The molecule has 4 N–H and O–H groups in total. The number of rotatable bonds is 2. The number of hydrogen-bond donors (Lipinski definition) is 4. The minimum Gasteiger partial charge on any atom is -0.475 e. The summed E-state index contributed by atoms with van der Waals surface area (Å²) in [6.07, 6.45) is -10.4. The minimum absolute atomic E-state index is 0.201.